The molecule has 1 nitrogen and oxygen atoms in total. The Morgan fingerprint density at radius 2 is 0.767 bits per heavy atom. The molecule has 0 bridgehead atoms. The number of halogens is 18. The molecular formula is C11H6ClF17O. The molecule has 0 saturated heterocycles. The first-order valence-electron chi connectivity index (χ1n) is 6.67. The molecule has 0 amide bonds. The Bertz CT molecular complexity index is 609. The highest BCUT2D eigenvalue weighted by Crippen LogP contribution is 2.64. The summed E-state index contributed by atoms with van der Waals surface area (Å²) in [6.45, 7) is -1.71. The van der Waals surface area contributed by atoms with Crippen LogP contribution in [0.25, 0.3) is 0 Å². The van der Waals surface area contributed by atoms with Crippen LogP contribution in [0.3, 0.4) is 0 Å². The van der Waals surface area contributed by atoms with Gasteiger partial charge < -0.3 is 5.11 Å². The molecule has 0 aromatic carbocycles. The van der Waals surface area contributed by atoms with E-state index in [1.54, 1.807) is 0 Å². The van der Waals surface area contributed by atoms with Gasteiger partial charge in [0.1, 0.15) is 0 Å². The highest BCUT2D eigenvalue weighted by Gasteiger charge is 2.95. The summed E-state index contributed by atoms with van der Waals surface area (Å²) in [4.78, 5) is 0. The Morgan fingerprint density at radius 1 is 0.500 bits per heavy atom. The summed E-state index contributed by atoms with van der Waals surface area (Å²) < 4.78 is 219. The van der Waals surface area contributed by atoms with Gasteiger partial charge >= 0.3 is 47.6 Å². The molecule has 0 fully saturated rings. The standard InChI is InChI=1S/C11H6ClF17O/c12-3(2-30)1-4(13,14)5(15,16)6(17,18)7(19,20)8(21,22)9(23,24)10(25,26)11(27,28)29/h3,30H,1-2H2. The van der Waals surface area contributed by atoms with Crippen LogP contribution in [0.15, 0.2) is 0 Å². The maximum atomic E-state index is 13.3. The van der Waals surface area contributed by atoms with Crippen molar-refractivity contribution in [2.75, 3.05) is 6.61 Å². The van der Waals surface area contributed by atoms with Crippen molar-refractivity contribution in [1.29, 1.82) is 0 Å². The smallest absolute Gasteiger partial charge is 0.395 e. The van der Waals surface area contributed by atoms with Gasteiger partial charge in [-0.25, -0.2) is 0 Å². The van der Waals surface area contributed by atoms with Crippen molar-refractivity contribution in [2.24, 2.45) is 0 Å². The maximum absolute atomic E-state index is 13.3. The number of aliphatic hydroxyl groups excluding tert-OH is 1. The normalized spacial score (nSPS) is 17.3. The maximum Gasteiger partial charge on any atom is 0.460 e. The topological polar surface area (TPSA) is 20.2 Å². The zero-order valence-electron chi connectivity index (χ0n) is 13.2. The Morgan fingerprint density at radius 3 is 1.03 bits per heavy atom. The fourth-order valence-electron chi connectivity index (χ4n) is 1.67. The average Bonchev–Trinajstić information content (AvgIpc) is 2.51. The third-order valence-electron chi connectivity index (χ3n) is 3.46. The van der Waals surface area contributed by atoms with Gasteiger partial charge in [-0.2, -0.15) is 74.6 Å². The minimum atomic E-state index is -8.65. The van der Waals surface area contributed by atoms with E-state index in [1.165, 1.54) is 0 Å². The van der Waals surface area contributed by atoms with Crippen molar-refractivity contribution >= 4 is 11.6 Å². The van der Waals surface area contributed by atoms with Crippen LogP contribution in [-0.2, 0) is 0 Å². The highest BCUT2D eigenvalue weighted by molar-refractivity contribution is 6.20. The summed E-state index contributed by atoms with van der Waals surface area (Å²) in [6, 6.07) is 0. The van der Waals surface area contributed by atoms with E-state index in [2.05, 4.69) is 0 Å². The number of hydrogen-bond acceptors (Lipinski definition) is 1. The van der Waals surface area contributed by atoms with E-state index >= 15 is 0 Å². The van der Waals surface area contributed by atoms with Gasteiger partial charge in [-0.05, 0) is 0 Å². The summed E-state index contributed by atoms with van der Waals surface area (Å²) in [6.07, 6.45) is -10.6. The molecule has 30 heavy (non-hydrogen) atoms. The molecule has 182 valence electrons. The molecule has 0 aliphatic rings. The lowest BCUT2D eigenvalue weighted by Gasteiger charge is -2.43. The summed E-state index contributed by atoms with van der Waals surface area (Å²) in [5, 5.41) is 5.65. The van der Waals surface area contributed by atoms with E-state index in [0.717, 1.165) is 0 Å². The third-order valence-corrected chi connectivity index (χ3v) is 3.76. The van der Waals surface area contributed by atoms with Crippen molar-refractivity contribution in [3.8, 4) is 0 Å². The molecule has 0 heterocycles. The molecule has 0 aliphatic carbocycles. The van der Waals surface area contributed by atoms with Crippen LogP contribution in [0.5, 0.6) is 0 Å². The van der Waals surface area contributed by atoms with E-state index in [0.29, 0.717) is 0 Å². The van der Waals surface area contributed by atoms with Crippen molar-refractivity contribution in [2.45, 2.75) is 59.4 Å². The number of alkyl halides is 18. The molecule has 0 saturated carbocycles. The average molecular weight is 513 g/mol. The quantitative estimate of drug-likeness (QED) is 0.298. The summed E-state index contributed by atoms with van der Waals surface area (Å²) in [7, 11) is 0. The van der Waals surface area contributed by atoms with Crippen molar-refractivity contribution in [1.82, 2.24) is 0 Å². The Balaban J connectivity index is 6.62. The van der Waals surface area contributed by atoms with Crippen LogP contribution < -0.4 is 0 Å². The zero-order chi connectivity index (χ0) is 25.0. The molecule has 1 unspecified atom stereocenters. The van der Waals surface area contributed by atoms with Gasteiger partial charge in [0.25, 0.3) is 0 Å². The first-order chi connectivity index (χ1) is 12.7. The van der Waals surface area contributed by atoms with Crippen LogP contribution in [0.1, 0.15) is 6.42 Å². The minimum Gasteiger partial charge on any atom is -0.395 e. The van der Waals surface area contributed by atoms with Crippen LogP contribution in [0, 0.1) is 0 Å². The second-order valence-electron chi connectivity index (χ2n) is 5.63. The monoisotopic (exact) mass is 512 g/mol. The summed E-state index contributed by atoms with van der Waals surface area (Å²) in [5.41, 5.74) is 0. The second-order valence-corrected chi connectivity index (χ2v) is 6.25. The predicted molar refractivity (Wildman–Crippen MR) is 62.0 cm³/mol. The van der Waals surface area contributed by atoms with Crippen LogP contribution >= 0.6 is 11.6 Å². The first kappa shape index (κ1) is 29.1. The molecule has 0 aliphatic heterocycles. The predicted octanol–water partition coefficient (Wildman–Crippen LogP) is 5.99. The molecule has 1 N–H and O–H groups in total. The fourth-order valence-corrected chi connectivity index (χ4v) is 1.86. The lowest BCUT2D eigenvalue weighted by molar-refractivity contribution is -0.461. The molecular weight excluding hydrogens is 507 g/mol. The van der Waals surface area contributed by atoms with Gasteiger partial charge in [-0.3, -0.25) is 0 Å². The molecule has 0 aromatic heterocycles. The van der Waals surface area contributed by atoms with Gasteiger partial charge in [-0.15, -0.1) is 11.6 Å². The number of hydrogen-bond donors (Lipinski definition) is 1. The van der Waals surface area contributed by atoms with E-state index in [1.807, 2.05) is 0 Å². The van der Waals surface area contributed by atoms with Crippen LogP contribution in [0.4, 0.5) is 74.6 Å². The van der Waals surface area contributed by atoms with E-state index in [9.17, 15) is 74.6 Å². The lowest BCUT2D eigenvalue weighted by Crippen LogP contribution is -2.74. The van der Waals surface area contributed by atoms with E-state index in [-0.39, 0.29) is 0 Å². The SMILES string of the molecule is OCC(Cl)CC(F)(F)C(F)(F)C(F)(F)C(F)(F)C(F)(F)C(F)(F)C(F)(F)C(F)(F)F. The minimum absolute atomic E-state index is 1.71. The summed E-state index contributed by atoms with van der Waals surface area (Å²) >= 11 is 4.70. The van der Waals surface area contributed by atoms with Gasteiger partial charge in [0, 0.05) is 6.42 Å². The number of aliphatic hydroxyl groups is 1. The number of rotatable bonds is 9. The molecule has 0 radical (unpaired) electrons. The van der Waals surface area contributed by atoms with E-state index in [4.69, 9.17) is 16.7 Å². The largest absolute Gasteiger partial charge is 0.460 e. The van der Waals surface area contributed by atoms with Crippen molar-refractivity contribution in [3.05, 3.63) is 0 Å². The Hall–Kier alpha value is -0.940. The molecule has 0 spiro atoms. The van der Waals surface area contributed by atoms with Crippen LogP contribution in [-0.4, -0.2) is 64.7 Å². The Kier molecular flexibility index (Phi) is 7.34. The van der Waals surface area contributed by atoms with Gasteiger partial charge in [0.15, 0.2) is 0 Å². The van der Waals surface area contributed by atoms with Gasteiger partial charge in [0.05, 0.1) is 12.0 Å². The molecule has 1 atom stereocenters. The van der Waals surface area contributed by atoms with Gasteiger partial charge in [0.2, 0.25) is 0 Å². The Labute approximate surface area is 158 Å². The zero-order valence-corrected chi connectivity index (χ0v) is 14.0. The lowest BCUT2D eigenvalue weighted by atomic mass is 9.88. The molecule has 0 rings (SSSR count). The van der Waals surface area contributed by atoms with Crippen molar-refractivity contribution in [3.63, 3.8) is 0 Å². The molecule has 0 aromatic rings. The fraction of sp³-hybridized carbons (Fsp3) is 1.00. The van der Waals surface area contributed by atoms with E-state index < -0.39 is 66.0 Å². The highest BCUT2D eigenvalue weighted by atomic mass is 35.5. The van der Waals surface area contributed by atoms with Crippen molar-refractivity contribution < 1.29 is 79.7 Å². The van der Waals surface area contributed by atoms with Gasteiger partial charge in [-0.1, -0.05) is 0 Å². The van der Waals surface area contributed by atoms with Crippen LogP contribution in [0.2, 0.25) is 0 Å². The third kappa shape index (κ3) is 3.85. The second kappa shape index (κ2) is 7.58. The first-order valence-corrected chi connectivity index (χ1v) is 7.10. The summed E-state index contributed by atoms with van der Waals surface area (Å²) in [5.74, 6) is -56.7. The molecule has 19 heteroatoms.